The predicted octanol–water partition coefficient (Wildman–Crippen LogP) is 0.882. The van der Waals surface area contributed by atoms with Crippen LogP contribution >= 0.6 is 0 Å². The van der Waals surface area contributed by atoms with Crippen molar-refractivity contribution in [2.24, 2.45) is 4.99 Å². The lowest BCUT2D eigenvalue weighted by atomic mass is 10.1. The zero-order valence-electron chi connectivity index (χ0n) is 15.6. The lowest BCUT2D eigenvalue weighted by Gasteiger charge is -2.35. The summed E-state index contributed by atoms with van der Waals surface area (Å²) in [6, 6.07) is 10.8. The van der Waals surface area contributed by atoms with Gasteiger partial charge in [-0.05, 0) is 25.0 Å². The number of nitrogens with one attached hydrogen (secondary N) is 2. The van der Waals surface area contributed by atoms with Crippen LogP contribution in [-0.4, -0.2) is 72.3 Å². The third kappa shape index (κ3) is 7.61. The van der Waals surface area contributed by atoms with E-state index in [0.29, 0.717) is 19.2 Å². The second-order valence-electron chi connectivity index (χ2n) is 6.51. The van der Waals surface area contributed by atoms with Crippen LogP contribution in [0.15, 0.2) is 35.3 Å². The molecule has 0 amide bonds. The molecule has 2 N–H and O–H groups in total. The average molecular weight is 383 g/mol. The summed E-state index contributed by atoms with van der Waals surface area (Å²) >= 11 is 0. The van der Waals surface area contributed by atoms with Crippen molar-refractivity contribution >= 4 is 21.5 Å². The Kier molecular flexibility index (Phi) is 8.18. The molecular weight excluding hydrogens is 352 g/mol. The molecule has 0 saturated carbocycles. The van der Waals surface area contributed by atoms with Crippen molar-refractivity contribution in [2.45, 2.75) is 18.9 Å². The van der Waals surface area contributed by atoms with Gasteiger partial charge in [-0.25, -0.2) is 8.42 Å². The summed E-state index contributed by atoms with van der Waals surface area (Å²) in [6.45, 7) is 3.26. The Hall–Kier alpha value is -1.80. The molecule has 1 unspecified atom stereocenters. The Morgan fingerprint density at radius 1 is 1.31 bits per heavy atom. The molecule has 0 radical (unpaired) electrons. The first kappa shape index (κ1) is 20.5. The molecule has 1 aromatic carbocycles. The van der Waals surface area contributed by atoms with E-state index in [1.54, 1.807) is 7.05 Å². The summed E-state index contributed by atoms with van der Waals surface area (Å²) in [5.74, 6) is 0.800. The van der Waals surface area contributed by atoms with Crippen LogP contribution in [0.5, 0.6) is 0 Å². The monoisotopic (exact) mass is 382 g/mol. The van der Waals surface area contributed by atoms with Gasteiger partial charge < -0.3 is 20.3 Å². The number of piperidine rings is 1. The van der Waals surface area contributed by atoms with Gasteiger partial charge in [0.25, 0.3) is 0 Å². The molecule has 1 aromatic rings. The second-order valence-corrected chi connectivity index (χ2v) is 8.77. The molecule has 0 aliphatic carbocycles. The topological polar surface area (TPSA) is 83.0 Å². The average Bonchev–Trinajstić information content (AvgIpc) is 2.63. The van der Waals surface area contributed by atoms with Crippen LogP contribution in [0.4, 0.5) is 5.69 Å². The molecule has 0 aromatic heterocycles. The number of para-hydroxylation sites is 1. The number of benzene rings is 1. The van der Waals surface area contributed by atoms with Crippen molar-refractivity contribution in [2.75, 3.05) is 56.8 Å². The Bertz CT molecular complexity index is 664. The fourth-order valence-electron chi connectivity index (χ4n) is 2.91. The van der Waals surface area contributed by atoms with E-state index in [1.165, 1.54) is 11.9 Å². The number of hydrogen-bond acceptors (Lipinski definition) is 5. The van der Waals surface area contributed by atoms with E-state index in [-0.39, 0.29) is 12.4 Å². The van der Waals surface area contributed by atoms with Crippen molar-refractivity contribution in [3.05, 3.63) is 30.3 Å². The van der Waals surface area contributed by atoms with Gasteiger partial charge in [0, 0.05) is 44.7 Å². The minimum Gasteiger partial charge on any atom is -0.379 e. The zero-order valence-corrected chi connectivity index (χ0v) is 16.5. The first-order valence-electron chi connectivity index (χ1n) is 9.00. The first-order valence-corrected chi connectivity index (χ1v) is 11.1. The number of rotatable bonds is 8. The van der Waals surface area contributed by atoms with Gasteiger partial charge in [0.15, 0.2) is 5.96 Å². The van der Waals surface area contributed by atoms with Gasteiger partial charge in [0.05, 0.1) is 19.0 Å². The van der Waals surface area contributed by atoms with Gasteiger partial charge in [-0.15, -0.1) is 0 Å². The summed E-state index contributed by atoms with van der Waals surface area (Å²) in [5, 5.41) is 6.68. The van der Waals surface area contributed by atoms with E-state index in [0.717, 1.165) is 31.9 Å². The Labute approximate surface area is 156 Å². The van der Waals surface area contributed by atoms with E-state index in [4.69, 9.17) is 4.74 Å². The zero-order chi connectivity index (χ0) is 18.8. The largest absolute Gasteiger partial charge is 0.379 e. The molecule has 1 fully saturated rings. The maximum atomic E-state index is 11.0. The molecule has 2 rings (SSSR count). The maximum Gasteiger partial charge on any atom is 0.191 e. The molecule has 0 bridgehead atoms. The smallest absolute Gasteiger partial charge is 0.191 e. The number of guanidine groups is 1. The lowest BCUT2D eigenvalue weighted by Crippen LogP contribution is -2.51. The lowest BCUT2D eigenvalue weighted by molar-refractivity contribution is 0.154. The van der Waals surface area contributed by atoms with E-state index in [1.807, 2.05) is 6.07 Å². The summed E-state index contributed by atoms with van der Waals surface area (Å²) in [6.07, 6.45) is 3.45. The van der Waals surface area contributed by atoms with Gasteiger partial charge in [-0.1, -0.05) is 18.2 Å². The number of hydrogen-bond donors (Lipinski definition) is 2. The molecule has 1 aliphatic heterocycles. The van der Waals surface area contributed by atoms with Crippen LogP contribution in [-0.2, 0) is 14.6 Å². The van der Waals surface area contributed by atoms with Crippen molar-refractivity contribution in [3.8, 4) is 0 Å². The summed E-state index contributed by atoms with van der Waals surface area (Å²) in [5.41, 5.74) is 1.25. The normalized spacial score (nSPS) is 18.6. The molecule has 1 atom stereocenters. The van der Waals surface area contributed by atoms with E-state index in [2.05, 4.69) is 44.8 Å². The van der Waals surface area contributed by atoms with E-state index >= 15 is 0 Å². The maximum absolute atomic E-state index is 11.0. The van der Waals surface area contributed by atoms with Crippen molar-refractivity contribution in [1.29, 1.82) is 0 Å². The quantitative estimate of drug-likeness (QED) is 0.395. The number of ether oxygens (including phenoxy) is 1. The standard InChI is InChI=1S/C18H30N4O3S/c1-19-18(20-10-12-25-13-14-26(2,23)24)21-16-7-6-11-22(15-16)17-8-4-3-5-9-17/h3-5,8-9,16H,6-7,10-15H2,1-2H3,(H2,19,20,21). The predicted molar refractivity (Wildman–Crippen MR) is 107 cm³/mol. The number of anilines is 1. The van der Waals surface area contributed by atoms with Crippen LogP contribution in [0.3, 0.4) is 0 Å². The van der Waals surface area contributed by atoms with Gasteiger partial charge in [0.1, 0.15) is 9.84 Å². The van der Waals surface area contributed by atoms with Crippen LogP contribution < -0.4 is 15.5 Å². The summed E-state index contributed by atoms with van der Waals surface area (Å²) in [7, 11) is -1.22. The highest BCUT2D eigenvalue weighted by Gasteiger charge is 2.20. The first-order chi connectivity index (χ1) is 12.5. The van der Waals surface area contributed by atoms with Crippen molar-refractivity contribution in [3.63, 3.8) is 0 Å². The molecule has 0 spiro atoms. The molecule has 1 aliphatic rings. The Balaban J connectivity index is 1.70. The SMILES string of the molecule is CN=C(NCCOCCS(C)(=O)=O)NC1CCCN(c2ccccc2)C1. The molecule has 7 nitrogen and oxygen atoms in total. The van der Waals surface area contributed by atoms with Crippen LogP contribution in [0.1, 0.15) is 12.8 Å². The fraction of sp³-hybridized carbons (Fsp3) is 0.611. The molecule has 146 valence electrons. The highest BCUT2D eigenvalue weighted by molar-refractivity contribution is 7.90. The minimum absolute atomic E-state index is 0.0529. The highest BCUT2D eigenvalue weighted by Crippen LogP contribution is 2.19. The summed E-state index contributed by atoms with van der Waals surface area (Å²) in [4.78, 5) is 6.65. The van der Waals surface area contributed by atoms with Gasteiger partial charge in [-0.3, -0.25) is 4.99 Å². The van der Waals surface area contributed by atoms with E-state index in [9.17, 15) is 8.42 Å². The third-order valence-corrected chi connectivity index (χ3v) is 5.15. The number of sulfone groups is 1. The molecular formula is C18H30N4O3S. The Morgan fingerprint density at radius 3 is 2.77 bits per heavy atom. The van der Waals surface area contributed by atoms with Crippen LogP contribution in [0.2, 0.25) is 0 Å². The molecule has 8 heteroatoms. The third-order valence-electron chi connectivity index (χ3n) is 4.24. The minimum atomic E-state index is -2.97. The fourth-order valence-corrected chi connectivity index (χ4v) is 3.33. The van der Waals surface area contributed by atoms with Gasteiger partial charge in [-0.2, -0.15) is 0 Å². The second kappa shape index (κ2) is 10.4. The molecule has 1 heterocycles. The summed E-state index contributed by atoms with van der Waals surface area (Å²) < 4.78 is 27.4. The van der Waals surface area contributed by atoms with Crippen molar-refractivity contribution in [1.82, 2.24) is 10.6 Å². The molecule has 1 saturated heterocycles. The Morgan fingerprint density at radius 2 is 2.08 bits per heavy atom. The van der Waals surface area contributed by atoms with Crippen molar-refractivity contribution < 1.29 is 13.2 Å². The van der Waals surface area contributed by atoms with Gasteiger partial charge >= 0.3 is 0 Å². The highest BCUT2D eigenvalue weighted by atomic mass is 32.2. The number of aliphatic imine (C=N–C) groups is 1. The number of nitrogens with zero attached hydrogens (tertiary/aromatic N) is 2. The van der Waals surface area contributed by atoms with Crippen LogP contribution in [0.25, 0.3) is 0 Å². The van der Waals surface area contributed by atoms with E-state index < -0.39 is 9.84 Å². The van der Waals surface area contributed by atoms with Crippen LogP contribution in [0, 0.1) is 0 Å². The van der Waals surface area contributed by atoms with Gasteiger partial charge in [0.2, 0.25) is 0 Å². The molecule has 26 heavy (non-hydrogen) atoms.